The third kappa shape index (κ3) is 8.93. The number of methoxy groups -OCH3 is 1. The summed E-state index contributed by atoms with van der Waals surface area (Å²) in [6.45, 7) is 14.6. The molecule has 4 aromatic rings. The normalized spacial score (nSPS) is 23.4. The van der Waals surface area contributed by atoms with Crippen LogP contribution in [0.15, 0.2) is 41.9 Å². The molecule has 66 heavy (non-hydrogen) atoms. The molecular weight excluding hydrogens is 859 g/mol. The summed E-state index contributed by atoms with van der Waals surface area (Å²) in [4.78, 5) is 85.0. The van der Waals surface area contributed by atoms with E-state index in [2.05, 4.69) is 60.3 Å². The Kier molecular flexibility index (Phi) is 13.4. The third-order valence-electron chi connectivity index (χ3n) is 14.1. The van der Waals surface area contributed by atoms with Crippen molar-refractivity contribution in [3.63, 3.8) is 0 Å². The number of rotatable bonds is 8. The van der Waals surface area contributed by atoms with E-state index in [-0.39, 0.29) is 37.0 Å². The van der Waals surface area contributed by atoms with Gasteiger partial charge in [0.1, 0.15) is 18.1 Å². The number of nitrogens with one attached hydrogen (secondary N) is 2. The maximum atomic E-state index is 14.7. The van der Waals surface area contributed by atoms with E-state index in [4.69, 9.17) is 19.4 Å². The third-order valence-corrected chi connectivity index (χ3v) is 15.0. The average Bonchev–Trinajstić information content (AvgIpc) is 4.09. The lowest BCUT2D eigenvalue weighted by Gasteiger charge is -2.37. The van der Waals surface area contributed by atoms with E-state index in [1.807, 2.05) is 32.2 Å². The van der Waals surface area contributed by atoms with Crippen molar-refractivity contribution in [2.45, 2.75) is 111 Å². The highest BCUT2D eigenvalue weighted by molar-refractivity contribution is 7.10. The van der Waals surface area contributed by atoms with Crippen LogP contribution in [0.25, 0.3) is 33.4 Å². The van der Waals surface area contributed by atoms with Crippen LogP contribution in [-0.2, 0) is 48.0 Å². The molecule has 1 aromatic carbocycles. The standard InChI is InChI=1S/C49H65N9O7S/c1-10-57-38-16-15-31-23-33(38)34(42(57)32-13-11-19-50-40(32)30(4)64-9)25-48(5,6)28-65-45(61)35-14-12-20-58(53-35)44(60)36(24-39-51-37(31)26-66-39)52-43(59)41(29(2)3)55(8)47(63)56-22-18-49(27-56)17-21-54(7)46(49)62/h11,13,15-16,19,23,26,29-30,35-36,41,53H,10,12,14,17-18,20-22,24-25,27-28H2,1-9H3,(H,52,59)/t30-,35-,36-,41-,49+/m0/s1. The second-order valence-corrected chi connectivity index (χ2v) is 20.7. The van der Waals surface area contributed by atoms with Crippen LogP contribution in [-0.4, -0.2) is 136 Å². The number of aromatic nitrogens is 3. The molecule has 2 N–H and O–H groups in total. The number of hydrogen-bond acceptors (Lipinski definition) is 11. The van der Waals surface area contributed by atoms with Crippen molar-refractivity contribution < 1.29 is 33.4 Å². The number of pyridine rings is 1. The Morgan fingerprint density at radius 2 is 1.88 bits per heavy atom. The number of ether oxygens (including phenoxy) is 2. The van der Waals surface area contributed by atoms with E-state index in [1.54, 1.807) is 37.2 Å². The van der Waals surface area contributed by atoms with Gasteiger partial charge in [0.25, 0.3) is 5.91 Å². The summed E-state index contributed by atoms with van der Waals surface area (Å²) < 4.78 is 14.2. The highest BCUT2D eigenvalue weighted by Crippen LogP contribution is 2.43. The Balaban J connectivity index is 1.15. The largest absolute Gasteiger partial charge is 0.464 e. The lowest BCUT2D eigenvalue weighted by molar-refractivity contribution is -0.155. The summed E-state index contributed by atoms with van der Waals surface area (Å²) in [7, 11) is 5.09. The number of urea groups is 1. The molecule has 354 valence electrons. The highest BCUT2D eigenvalue weighted by Gasteiger charge is 2.51. The van der Waals surface area contributed by atoms with Gasteiger partial charge >= 0.3 is 12.0 Å². The summed E-state index contributed by atoms with van der Waals surface area (Å²) in [5.41, 5.74) is 8.70. The first-order valence-electron chi connectivity index (χ1n) is 23.4. The summed E-state index contributed by atoms with van der Waals surface area (Å²) in [6.07, 6.45) is 4.48. The second-order valence-electron chi connectivity index (χ2n) is 19.8. The fourth-order valence-corrected chi connectivity index (χ4v) is 11.3. The van der Waals surface area contributed by atoms with Gasteiger partial charge in [-0.3, -0.25) is 29.2 Å². The molecule has 4 aliphatic rings. The number of fused-ring (bicyclic) bond motifs is 6. The molecule has 6 bridgehead atoms. The van der Waals surface area contributed by atoms with Crippen molar-refractivity contribution in [1.29, 1.82) is 0 Å². The zero-order chi connectivity index (χ0) is 47.2. The van der Waals surface area contributed by atoms with Crippen LogP contribution in [0.4, 0.5) is 4.79 Å². The van der Waals surface area contributed by atoms with Crippen LogP contribution >= 0.6 is 11.3 Å². The van der Waals surface area contributed by atoms with E-state index in [1.165, 1.54) is 21.2 Å². The molecule has 4 aliphatic heterocycles. The van der Waals surface area contributed by atoms with Gasteiger partial charge in [0, 0.05) is 99.4 Å². The van der Waals surface area contributed by atoms with E-state index in [0.29, 0.717) is 69.8 Å². The predicted molar refractivity (Wildman–Crippen MR) is 252 cm³/mol. The minimum atomic E-state index is -1.08. The quantitative estimate of drug-likeness (QED) is 0.205. The number of carbonyl (C=O) groups excluding carboxylic acids is 5. The molecule has 3 saturated heterocycles. The van der Waals surface area contributed by atoms with Crippen molar-refractivity contribution in [2.24, 2.45) is 16.7 Å². The number of likely N-dealkylation sites (tertiary alicyclic amines) is 2. The molecule has 5 atom stereocenters. The fourth-order valence-electron chi connectivity index (χ4n) is 10.5. The maximum absolute atomic E-state index is 14.7. The lowest BCUT2D eigenvalue weighted by atomic mass is 9.84. The van der Waals surface area contributed by atoms with Gasteiger partial charge in [-0.2, -0.15) is 0 Å². The number of thiazole rings is 1. The van der Waals surface area contributed by atoms with Gasteiger partial charge in [-0.05, 0) is 81.7 Å². The van der Waals surface area contributed by atoms with Gasteiger partial charge in [0.2, 0.25) is 11.8 Å². The van der Waals surface area contributed by atoms with Crippen molar-refractivity contribution in [3.8, 4) is 22.5 Å². The van der Waals surface area contributed by atoms with Gasteiger partial charge in [-0.1, -0.05) is 33.8 Å². The van der Waals surface area contributed by atoms with Gasteiger partial charge < -0.3 is 34.1 Å². The molecule has 0 aliphatic carbocycles. The fraction of sp³-hybridized carbons (Fsp3) is 0.571. The molecule has 0 radical (unpaired) electrons. The van der Waals surface area contributed by atoms with Crippen LogP contribution in [0, 0.1) is 16.7 Å². The van der Waals surface area contributed by atoms with Crippen molar-refractivity contribution >= 4 is 52.0 Å². The number of amides is 5. The highest BCUT2D eigenvalue weighted by atomic mass is 32.1. The number of cyclic esters (lactones) is 1. The molecule has 3 fully saturated rings. The van der Waals surface area contributed by atoms with Gasteiger partial charge in [0.15, 0.2) is 0 Å². The Labute approximate surface area is 391 Å². The molecule has 7 heterocycles. The molecule has 0 saturated carbocycles. The number of esters is 1. The summed E-state index contributed by atoms with van der Waals surface area (Å²) in [6, 6.07) is 7.29. The first-order valence-corrected chi connectivity index (χ1v) is 24.2. The van der Waals surface area contributed by atoms with Crippen molar-refractivity contribution in [1.82, 2.24) is 45.0 Å². The van der Waals surface area contributed by atoms with E-state index in [0.717, 1.165) is 44.7 Å². The topological polar surface area (TPSA) is 172 Å². The molecule has 8 rings (SSSR count). The maximum Gasteiger partial charge on any atom is 0.324 e. The number of likely N-dealkylation sites (N-methyl/N-ethyl adjacent to an activating group) is 1. The van der Waals surface area contributed by atoms with E-state index >= 15 is 0 Å². The predicted octanol–water partition coefficient (Wildman–Crippen LogP) is 5.83. The van der Waals surface area contributed by atoms with Crippen molar-refractivity contribution in [2.75, 3.05) is 54.0 Å². The summed E-state index contributed by atoms with van der Waals surface area (Å²) in [5, 5.41) is 8.13. The minimum Gasteiger partial charge on any atom is -0.464 e. The van der Waals surface area contributed by atoms with Crippen LogP contribution in [0.1, 0.15) is 89.6 Å². The molecule has 17 heteroatoms. The van der Waals surface area contributed by atoms with E-state index < -0.39 is 46.7 Å². The number of nitrogens with zero attached hydrogens (tertiary/aromatic N) is 7. The minimum absolute atomic E-state index is 0.0570. The molecule has 16 nitrogen and oxygen atoms in total. The molecule has 3 aromatic heterocycles. The van der Waals surface area contributed by atoms with E-state index in [9.17, 15) is 24.0 Å². The summed E-state index contributed by atoms with van der Waals surface area (Å²) in [5.74, 6) is -1.61. The number of benzene rings is 1. The average molecular weight is 924 g/mol. The molecule has 1 spiro atoms. The Hall–Kier alpha value is -5.39. The zero-order valence-corrected chi connectivity index (χ0v) is 40.6. The zero-order valence-electron chi connectivity index (χ0n) is 39.8. The Morgan fingerprint density at radius 1 is 1.11 bits per heavy atom. The molecular formula is C49H65N9O7S. The molecule has 0 unspecified atom stereocenters. The smallest absolute Gasteiger partial charge is 0.324 e. The van der Waals surface area contributed by atoms with Crippen LogP contribution in [0.3, 0.4) is 0 Å². The van der Waals surface area contributed by atoms with Gasteiger partial charge in [-0.15, -0.1) is 11.3 Å². The van der Waals surface area contributed by atoms with Crippen molar-refractivity contribution in [3.05, 3.63) is 58.2 Å². The van der Waals surface area contributed by atoms with Gasteiger partial charge in [-0.25, -0.2) is 15.2 Å². The monoisotopic (exact) mass is 923 g/mol. The number of hydrogen-bond donors (Lipinski definition) is 2. The number of carbonyl (C=O) groups is 5. The second kappa shape index (κ2) is 18.7. The Morgan fingerprint density at radius 3 is 2.59 bits per heavy atom. The van der Waals surface area contributed by atoms with Crippen LogP contribution < -0.4 is 10.7 Å². The number of aryl methyl sites for hydroxylation is 1. The van der Waals surface area contributed by atoms with Crippen LogP contribution in [0.5, 0.6) is 0 Å². The first kappa shape index (κ1) is 47.1. The SMILES string of the molecule is CCn1c(-c2cccnc2[C@H](C)OC)c2c3cc(ccc31)-c1csc(n1)C[C@H](NC(=O)[C@H](C(C)C)N(C)C(=O)N1CC[C@]3(CCN(C)C3=O)C1)C(=O)N1CCC[C@H](N1)C(=O)OCC(C)(C)C2. The van der Waals surface area contributed by atoms with Gasteiger partial charge in [0.05, 0.1) is 40.2 Å². The first-order chi connectivity index (χ1) is 31.5. The Bertz CT molecular complexity index is 2520. The summed E-state index contributed by atoms with van der Waals surface area (Å²) >= 11 is 1.41. The molecule has 5 amide bonds. The van der Waals surface area contributed by atoms with Crippen LogP contribution in [0.2, 0.25) is 0 Å². The number of hydrazine groups is 1. The lowest BCUT2D eigenvalue weighted by Crippen LogP contribution is -2.62.